The summed E-state index contributed by atoms with van der Waals surface area (Å²) in [7, 11) is 3.55. The van der Waals surface area contributed by atoms with Gasteiger partial charge in [0.2, 0.25) is 11.8 Å². The van der Waals surface area contributed by atoms with Crippen molar-refractivity contribution in [1.29, 1.82) is 0 Å². The zero-order chi connectivity index (χ0) is 20.5. The van der Waals surface area contributed by atoms with E-state index < -0.39 is 0 Å². The Hall–Kier alpha value is -2.94. The summed E-state index contributed by atoms with van der Waals surface area (Å²) in [5.74, 6) is 0.349. The van der Waals surface area contributed by atoms with Gasteiger partial charge in [-0.05, 0) is 38.1 Å². The third-order valence-corrected chi connectivity index (χ3v) is 5.79. The summed E-state index contributed by atoms with van der Waals surface area (Å²) in [5.41, 5.74) is 2.19. The lowest BCUT2D eigenvalue weighted by Gasteiger charge is -2.38. The zero-order valence-corrected chi connectivity index (χ0v) is 16.8. The van der Waals surface area contributed by atoms with Gasteiger partial charge in [-0.25, -0.2) is 4.63 Å². The number of methoxy groups -OCH3 is 1. The molecule has 1 N–H and O–H groups in total. The van der Waals surface area contributed by atoms with Crippen LogP contribution in [0.15, 0.2) is 28.9 Å². The van der Waals surface area contributed by atoms with E-state index >= 15 is 0 Å². The molecule has 0 spiro atoms. The lowest BCUT2D eigenvalue weighted by Crippen LogP contribution is -2.53. The molecule has 1 aromatic carbocycles. The molecule has 0 aliphatic carbocycles. The molecule has 2 aromatic rings. The highest BCUT2D eigenvalue weighted by atomic mass is 16.6. The van der Waals surface area contributed by atoms with Crippen LogP contribution in [0.1, 0.15) is 29.4 Å². The largest absolute Gasteiger partial charge is 0.497 e. The first-order chi connectivity index (χ1) is 14.0. The molecule has 9 nitrogen and oxygen atoms in total. The minimum atomic E-state index is -0.344. The van der Waals surface area contributed by atoms with Gasteiger partial charge in [0, 0.05) is 12.6 Å². The number of carbonyl (C=O) groups is 2. The maximum absolute atomic E-state index is 13.1. The highest BCUT2D eigenvalue weighted by Gasteiger charge is 2.49. The molecule has 9 heteroatoms. The molecule has 0 radical (unpaired) electrons. The van der Waals surface area contributed by atoms with E-state index in [2.05, 4.69) is 15.6 Å². The number of piperazine rings is 1. The van der Waals surface area contributed by atoms with Gasteiger partial charge in [0.05, 0.1) is 32.2 Å². The average molecular weight is 399 g/mol. The summed E-state index contributed by atoms with van der Waals surface area (Å²) in [6.07, 6.45) is 0.620. The fourth-order valence-corrected chi connectivity index (χ4v) is 4.37. The predicted octanol–water partition coefficient (Wildman–Crippen LogP) is 0.907. The van der Waals surface area contributed by atoms with Crippen LogP contribution in [-0.4, -0.2) is 65.2 Å². The quantitative estimate of drug-likeness (QED) is 0.797. The van der Waals surface area contributed by atoms with Gasteiger partial charge in [-0.1, -0.05) is 22.4 Å². The number of hydrogen-bond donors (Lipinski definition) is 1. The first kappa shape index (κ1) is 19.4. The van der Waals surface area contributed by atoms with Crippen LogP contribution < -0.4 is 10.1 Å². The minimum Gasteiger partial charge on any atom is -0.497 e. The Kier molecular flexibility index (Phi) is 5.23. The molecule has 0 saturated carbocycles. The number of aryl methyl sites for hydroxylation is 1. The number of nitrogens with zero attached hydrogens (tertiary/aromatic N) is 4. The van der Waals surface area contributed by atoms with Crippen LogP contribution in [0.5, 0.6) is 5.75 Å². The van der Waals surface area contributed by atoms with Crippen molar-refractivity contribution < 1.29 is 19.0 Å². The van der Waals surface area contributed by atoms with Crippen molar-refractivity contribution in [3.8, 4) is 5.75 Å². The highest BCUT2D eigenvalue weighted by Crippen LogP contribution is 2.43. The van der Waals surface area contributed by atoms with Gasteiger partial charge >= 0.3 is 0 Å². The van der Waals surface area contributed by atoms with Crippen LogP contribution >= 0.6 is 0 Å². The summed E-state index contributed by atoms with van der Waals surface area (Å²) in [6.45, 7) is 3.15. The summed E-state index contributed by atoms with van der Waals surface area (Å²) >= 11 is 0. The van der Waals surface area contributed by atoms with Crippen LogP contribution in [0.3, 0.4) is 0 Å². The van der Waals surface area contributed by atoms with Crippen molar-refractivity contribution in [3.05, 3.63) is 41.2 Å². The molecule has 154 valence electrons. The van der Waals surface area contributed by atoms with Gasteiger partial charge in [-0.3, -0.25) is 14.5 Å². The van der Waals surface area contributed by atoms with Gasteiger partial charge in [-0.2, -0.15) is 0 Å². The fraction of sp³-hybridized carbons (Fsp3) is 0.500. The second-order valence-corrected chi connectivity index (χ2v) is 7.73. The van der Waals surface area contributed by atoms with Crippen molar-refractivity contribution in [3.63, 3.8) is 0 Å². The SMILES string of the molecule is COc1ccc([C@@H]2[C@H](C(=O)NCc3nonc3C)C[C@@H]3CN(C)CC(=O)N32)cc1. The van der Waals surface area contributed by atoms with Crippen molar-refractivity contribution in [2.24, 2.45) is 5.92 Å². The van der Waals surface area contributed by atoms with E-state index in [-0.39, 0.29) is 36.4 Å². The molecule has 4 rings (SSSR count). The van der Waals surface area contributed by atoms with E-state index in [0.717, 1.165) is 17.9 Å². The average Bonchev–Trinajstić information content (AvgIpc) is 3.29. The molecular weight excluding hydrogens is 374 g/mol. The Morgan fingerprint density at radius 2 is 2.07 bits per heavy atom. The van der Waals surface area contributed by atoms with Gasteiger partial charge in [0.1, 0.15) is 17.1 Å². The van der Waals surface area contributed by atoms with Crippen molar-refractivity contribution in [1.82, 2.24) is 25.4 Å². The van der Waals surface area contributed by atoms with E-state index in [1.54, 1.807) is 14.0 Å². The van der Waals surface area contributed by atoms with E-state index in [0.29, 0.717) is 24.4 Å². The molecule has 29 heavy (non-hydrogen) atoms. The first-order valence-corrected chi connectivity index (χ1v) is 9.67. The van der Waals surface area contributed by atoms with Crippen LogP contribution in [0.2, 0.25) is 0 Å². The number of aromatic nitrogens is 2. The summed E-state index contributed by atoms with van der Waals surface area (Å²) in [5, 5.41) is 10.5. The molecule has 0 unspecified atom stereocenters. The molecule has 2 fully saturated rings. The Balaban J connectivity index is 1.59. The third-order valence-electron chi connectivity index (χ3n) is 5.79. The Bertz CT molecular complexity index is 897. The standard InChI is InChI=1S/C20H25N5O4/c1-12-17(23-29-22-12)9-21-20(27)16-8-14-10-24(2)11-18(26)25(14)19(16)13-4-6-15(28-3)7-5-13/h4-7,14,16,19H,8-11H2,1-3H3,(H,21,27)/t14-,16-,19-/m1/s1. The first-order valence-electron chi connectivity index (χ1n) is 9.67. The van der Waals surface area contributed by atoms with Crippen LogP contribution in [0.25, 0.3) is 0 Å². The van der Waals surface area contributed by atoms with Gasteiger partial charge in [0.25, 0.3) is 0 Å². The minimum absolute atomic E-state index is 0.0135. The van der Waals surface area contributed by atoms with E-state index in [9.17, 15) is 9.59 Å². The molecule has 3 heterocycles. The Morgan fingerprint density at radius 1 is 1.31 bits per heavy atom. The number of fused-ring (bicyclic) bond motifs is 1. The highest BCUT2D eigenvalue weighted by molar-refractivity contribution is 5.85. The maximum atomic E-state index is 13.1. The normalized spacial score (nSPS) is 24.4. The van der Waals surface area contributed by atoms with Crippen LogP contribution in [0.4, 0.5) is 0 Å². The molecule has 0 bridgehead atoms. The topological polar surface area (TPSA) is 101 Å². The molecule has 1 aromatic heterocycles. The number of carbonyl (C=O) groups excluding carboxylic acids is 2. The number of hydrogen-bond acceptors (Lipinski definition) is 7. The number of nitrogens with one attached hydrogen (secondary N) is 1. The molecular formula is C20H25N5O4. The maximum Gasteiger partial charge on any atom is 0.237 e. The van der Waals surface area contributed by atoms with E-state index in [1.165, 1.54) is 0 Å². The number of benzene rings is 1. The van der Waals surface area contributed by atoms with E-state index in [1.807, 2.05) is 41.1 Å². The van der Waals surface area contributed by atoms with Crippen LogP contribution in [0, 0.1) is 12.8 Å². The van der Waals surface area contributed by atoms with Crippen molar-refractivity contribution in [2.45, 2.75) is 32.0 Å². The number of likely N-dealkylation sites (N-methyl/N-ethyl adjacent to an activating group) is 1. The lowest BCUT2D eigenvalue weighted by atomic mass is 9.92. The number of rotatable bonds is 5. The second-order valence-electron chi connectivity index (χ2n) is 7.73. The number of amides is 2. The Labute approximate surface area is 168 Å². The molecule has 2 saturated heterocycles. The van der Waals surface area contributed by atoms with Gasteiger partial charge in [-0.15, -0.1) is 0 Å². The van der Waals surface area contributed by atoms with E-state index in [4.69, 9.17) is 9.37 Å². The fourth-order valence-electron chi connectivity index (χ4n) is 4.37. The monoisotopic (exact) mass is 399 g/mol. The van der Waals surface area contributed by atoms with Crippen LogP contribution in [-0.2, 0) is 16.1 Å². The smallest absolute Gasteiger partial charge is 0.237 e. The number of ether oxygens (including phenoxy) is 1. The molecule has 2 aliphatic heterocycles. The second kappa shape index (κ2) is 7.82. The summed E-state index contributed by atoms with van der Waals surface area (Å²) in [4.78, 5) is 29.9. The zero-order valence-electron chi connectivity index (χ0n) is 16.8. The Morgan fingerprint density at radius 3 is 2.72 bits per heavy atom. The molecule has 2 aliphatic rings. The van der Waals surface area contributed by atoms with Crippen molar-refractivity contribution in [2.75, 3.05) is 27.2 Å². The lowest BCUT2D eigenvalue weighted by molar-refractivity contribution is -0.140. The van der Waals surface area contributed by atoms with Crippen molar-refractivity contribution >= 4 is 11.8 Å². The predicted molar refractivity (Wildman–Crippen MR) is 103 cm³/mol. The molecule has 2 amide bonds. The summed E-state index contributed by atoms with van der Waals surface area (Å²) < 4.78 is 9.95. The summed E-state index contributed by atoms with van der Waals surface area (Å²) in [6, 6.07) is 7.31. The van der Waals surface area contributed by atoms with Gasteiger partial charge in [0.15, 0.2) is 0 Å². The van der Waals surface area contributed by atoms with Gasteiger partial charge < -0.3 is 15.0 Å². The molecule has 3 atom stereocenters. The third kappa shape index (κ3) is 3.69.